The quantitative estimate of drug-likeness (QED) is 0.787. The average molecular weight is 257 g/mol. The molecule has 1 nitrogen and oxygen atoms in total. The maximum atomic E-state index is 13.4. The summed E-state index contributed by atoms with van der Waals surface area (Å²) < 4.78 is 13.4. The Balaban J connectivity index is 2.36. The summed E-state index contributed by atoms with van der Waals surface area (Å²) in [6, 6.07) is 13.3. The summed E-state index contributed by atoms with van der Waals surface area (Å²) in [5.74, 6) is -0.175. The van der Waals surface area contributed by atoms with Gasteiger partial charge in [-0.2, -0.15) is 0 Å². The Kier molecular flexibility index (Phi) is 4.69. The Morgan fingerprint density at radius 1 is 1.05 bits per heavy atom. The van der Waals surface area contributed by atoms with E-state index in [-0.39, 0.29) is 5.82 Å². The molecule has 2 aromatic rings. The molecule has 0 aliphatic rings. The van der Waals surface area contributed by atoms with Gasteiger partial charge in [-0.15, -0.1) is 0 Å². The van der Waals surface area contributed by atoms with Crippen molar-refractivity contribution in [3.8, 4) is 11.1 Å². The first-order valence-electron chi connectivity index (χ1n) is 6.77. The Bertz CT molecular complexity index is 549. The second kappa shape index (κ2) is 6.48. The summed E-state index contributed by atoms with van der Waals surface area (Å²) in [5.41, 5.74) is 4.52. The van der Waals surface area contributed by atoms with Gasteiger partial charge in [-0.05, 0) is 54.3 Å². The SMILES string of the molecule is CCCNCc1cc(F)ccc1-c1ccccc1C. The van der Waals surface area contributed by atoms with Crippen molar-refractivity contribution in [2.75, 3.05) is 6.54 Å². The second-order valence-electron chi connectivity index (χ2n) is 4.79. The zero-order chi connectivity index (χ0) is 13.7. The molecule has 19 heavy (non-hydrogen) atoms. The summed E-state index contributed by atoms with van der Waals surface area (Å²) in [7, 11) is 0. The fourth-order valence-electron chi connectivity index (χ4n) is 2.25. The monoisotopic (exact) mass is 257 g/mol. The fourth-order valence-corrected chi connectivity index (χ4v) is 2.25. The first-order valence-corrected chi connectivity index (χ1v) is 6.77. The number of hydrogen-bond acceptors (Lipinski definition) is 1. The predicted octanol–water partition coefficient (Wildman–Crippen LogP) is 4.30. The average Bonchev–Trinajstić information content (AvgIpc) is 2.40. The molecule has 0 spiro atoms. The van der Waals surface area contributed by atoms with Gasteiger partial charge in [0.2, 0.25) is 0 Å². The van der Waals surface area contributed by atoms with Crippen molar-refractivity contribution in [3.63, 3.8) is 0 Å². The normalized spacial score (nSPS) is 10.7. The molecule has 0 saturated carbocycles. The van der Waals surface area contributed by atoms with E-state index in [1.54, 1.807) is 6.07 Å². The van der Waals surface area contributed by atoms with Crippen molar-refractivity contribution in [1.29, 1.82) is 0 Å². The molecule has 0 unspecified atom stereocenters. The molecule has 0 aliphatic carbocycles. The first kappa shape index (κ1) is 13.8. The molecule has 2 heteroatoms. The Labute approximate surface area is 114 Å². The summed E-state index contributed by atoms with van der Waals surface area (Å²) >= 11 is 0. The van der Waals surface area contributed by atoms with Gasteiger partial charge in [0.25, 0.3) is 0 Å². The standard InChI is InChI=1S/C17H20FN/c1-3-10-19-12-14-11-15(18)8-9-17(14)16-7-5-4-6-13(16)2/h4-9,11,19H,3,10,12H2,1-2H3. The topological polar surface area (TPSA) is 12.0 Å². The van der Waals surface area contributed by atoms with Crippen LogP contribution in [0.25, 0.3) is 11.1 Å². The lowest BCUT2D eigenvalue weighted by molar-refractivity contribution is 0.619. The van der Waals surface area contributed by atoms with E-state index >= 15 is 0 Å². The highest BCUT2D eigenvalue weighted by molar-refractivity contribution is 5.70. The van der Waals surface area contributed by atoms with Crippen LogP contribution in [0, 0.1) is 12.7 Å². The number of benzene rings is 2. The molecule has 1 N–H and O–H groups in total. The lowest BCUT2D eigenvalue weighted by atomic mass is 9.96. The van der Waals surface area contributed by atoms with Gasteiger partial charge in [-0.1, -0.05) is 37.3 Å². The number of aryl methyl sites for hydroxylation is 1. The molecule has 0 aromatic heterocycles. The fraction of sp³-hybridized carbons (Fsp3) is 0.294. The van der Waals surface area contributed by atoms with Crippen LogP contribution in [0.1, 0.15) is 24.5 Å². The second-order valence-corrected chi connectivity index (χ2v) is 4.79. The molecule has 0 heterocycles. The third kappa shape index (κ3) is 3.42. The largest absolute Gasteiger partial charge is 0.313 e. The van der Waals surface area contributed by atoms with Gasteiger partial charge in [0, 0.05) is 6.54 Å². The van der Waals surface area contributed by atoms with Gasteiger partial charge in [-0.3, -0.25) is 0 Å². The number of halogens is 1. The molecular formula is C17H20FN. The van der Waals surface area contributed by atoms with Crippen LogP contribution in [0.2, 0.25) is 0 Å². The van der Waals surface area contributed by atoms with E-state index in [0.29, 0.717) is 6.54 Å². The number of nitrogens with one attached hydrogen (secondary N) is 1. The first-order chi connectivity index (χ1) is 9.22. The maximum Gasteiger partial charge on any atom is 0.123 e. The van der Waals surface area contributed by atoms with E-state index in [1.165, 1.54) is 17.2 Å². The maximum absolute atomic E-state index is 13.4. The number of rotatable bonds is 5. The molecule has 0 saturated heterocycles. The zero-order valence-corrected chi connectivity index (χ0v) is 11.5. The predicted molar refractivity (Wildman–Crippen MR) is 78.6 cm³/mol. The molecule has 0 aliphatic heterocycles. The summed E-state index contributed by atoms with van der Waals surface area (Å²) in [4.78, 5) is 0. The van der Waals surface area contributed by atoms with Gasteiger partial charge in [0.05, 0.1) is 0 Å². The van der Waals surface area contributed by atoms with E-state index < -0.39 is 0 Å². The molecule has 2 aromatic carbocycles. The van der Waals surface area contributed by atoms with Gasteiger partial charge in [0.1, 0.15) is 5.82 Å². The van der Waals surface area contributed by atoms with Crippen LogP contribution in [0.15, 0.2) is 42.5 Å². The zero-order valence-electron chi connectivity index (χ0n) is 11.5. The van der Waals surface area contributed by atoms with Gasteiger partial charge >= 0.3 is 0 Å². The van der Waals surface area contributed by atoms with Crippen molar-refractivity contribution >= 4 is 0 Å². The Morgan fingerprint density at radius 2 is 1.84 bits per heavy atom. The van der Waals surface area contributed by atoms with Crippen molar-refractivity contribution < 1.29 is 4.39 Å². The highest BCUT2D eigenvalue weighted by Gasteiger charge is 2.08. The van der Waals surface area contributed by atoms with Gasteiger partial charge in [-0.25, -0.2) is 4.39 Å². The van der Waals surface area contributed by atoms with Crippen LogP contribution < -0.4 is 5.32 Å². The Morgan fingerprint density at radius 3 is 2.58 bits per heavy atom. The summed E-state index contributed by atoms with van der Waals surface area (Å²) in [5, 5.41) is 3.34. The molecule has 2 rings (SSSR count). The molecule has 0 radical (unpaired) electrons. The summed E-state index contributed by atoms with van der Waals surface area (Å²) in [6.45, 7) is 5.86. The highest BCUT2D eigenvalue weighted by Crippen LogP contribution is 2.27. The van der Waals surface area contributed by atoms with Crippen LogP contribution >= 0.6 is 0 Å². The lowest BCUT2D eigenvalue weighted by Crippen LogP contribution is -2.14. The minimum Gasteiger partial charge on any atom is -0.313 e. The van der Waals surface area contributed by atoms with E-state index in [2.05, 4.69) is 31.3 Å². The lowest BCUT2D eigenvalue weighted by Gasteiger charge is -2.13. The van der Waals surface area contributed by atoms with Crippen LogP contribution in [0.4, 0.5) is 4.39 Å². The smallest absolute Gasteiger partial charge is 0.123 e. The third-order valence-electron chi connectivity index (χ3n) is 3.24. The van der Waals surface area contributed by atoms with E-state index in [0.717, 1.165) is 24.1 Å². The molecular weight excluding hydrogens is 237 g/mol. The van der Waals surface area contributed by atoms with Gasteiger partial charge in [0.15, 0.2) is 0 Å². The van der Waals surface area contributed by atoms with E-state index in [9.17, 15) is 4.39 Å². The van der Waals surface area contributed by atoms with Gasteiger partial charge < -0.3 is 5.32 Å². The van der Waals surface area contributed by atoms with E-state index in [4.69, 9.17) is 0 Å². The Hall–Kier alpha value is -1.67. The van der Waals surface area contributed by atoms with Crippen LogP contribution in [-0.2, 0) is 6.54 Å². The molecule has 0 fully saturated rings. The molecule has 0 bridgehead atoms. The van der Waals surface area contributed by atoms with Crippen molar-refractivity contribution in [3.05, 3.63) is 59.4 Å². The van der Waals surface area contributed by atoms with E-state index in [1.807, 2.05) is 18.2 Å². The van der Waals surface area contributed by atoms with Crippen LogP contribution in [-0.4, -0.2) is 6.54 Å². The molecule has 0 amide bonds. The third-order valence-corrected chi connectivity index (χ3v) is 3.24. The highest BCUT2D eigenvalue weighted by atomic mass is 19.1. The molecule has 0 atom stereocenters. The van der Waals surface area contributed by atoms with Crippen LogP contribution in [0.3, 0.4) is 0 Å². The number of hydrogen-bond donors (Lipinski definition) is 1. The van der Waals surface area contributed by atoms with Crippen molar-refractivity contribution in [2.24, 2.45) is 0 Å². The van der Waals surface area contributed by atoms with Crippen LogP contribution in [0.5, 0.6) is 0 Å². The summed E-state index contributed by atoms with van der Waals surface area (Å²) in [6.07, 6.45) is 1.08. The van der Waals surface area contributed by atoms with Crippen molar-refractivity contribution in [2.45, 2.75) is 26.8 Å². The minimum atomic E-state index is -0.175. The minimum absolute atomic E-state index is 0.175. The van der Waals surface area contributed by atoms with Crippen molar-refractivity contribution in [1.82, 2.24) is 5.32 Å². The molecule has 100 valence electrons.